The maximum atomic E-state index is 10.7. The summed E-state index contributed by atoms with van der Waals surface area (Å²) >= 11 is 0. The van der Waals surface area contributed by atoms with E-state index < -0.39 is 47.0 Å². The molecule has 6 heteroatoms. The van der Waals surface area contributed by atoms with Gasteiger partial charge in [0.1, 0.15) is 17.8 Å². The molecule has 1 spiro atoms. The number of ether oxygens (including phenoxy) is 2. The van der Waals surface area contributed by atoms with Gasteiger partial charge in [-0.05, 0) is 18.9 Å². The molecule has 0 aromatic heterocycles. The Morgan fingerprint density at radius 1 is 1.33 bits per heavy atom. The van der Waals surface area contributed by atoms with Crippen molar-refractivity contribution in [1.29, 1.82) is 0 Å². The molecule has 3 fully saturated rings. The van der Waals surface area contributed by atoms with E-state index in [0.717, 1.165) is 5.57 Å². The second kappa shape index (κ2) is 3.88. The molecule has 2 unspecified atom stereocenters. The fourth-order valence-electron chi connectivity index (χ4n) is 5.06. The fraction of sp³-hybridized carbons (Fsp3) is 0.867. The minimum absolute atomic E-state index is 0.239. The zero-order valence-electron chi connectivity index (χ0n) is 12.2. The van der Waals surface area contributed by atoms with Gasteiger partial charge in [-0.2, -0.15) is 0 Å². The van der Waals surface area contributed by atoms with Crippen LogP contribution in [-0.4, -0.2) is 69.8 Å². The maximum Gasteiger partial charge on any atom is 0.129 e. The number of aliphatic hydroxyl groups is 4. The van der Waals surface area contributed by atoms with E-state index in [-0.39, 0.29) is 13.0 Å². The normalized spacial score (nSPS) is 61.6. The maximum absolute atomic E-state index is 10.7. The van der Waals surface area contributed by atoms with Crippen LogP contribution in [0.15, 0.2) is 11.6 Å². The molecule has 2 heterocycles. The minimum atomic E-state index is -1.05. The Labute approximate surface area is 123 Å². The molecule has 2 saturated heterocycles. The highest BCUT2D eigenvalue weighted by molar-refractivity contribution is 5.35. The third-order valence-electron chi connectivity index (χ3n) is 6.67. The second-order valence-electron chi connectivity index (χ2n) is 7.24. The molecule has 4 aliphatic rings. The van der Waals surface area contributed by atoms with Crippen LogP contribution in [-0.2, 0) is 9.47 Å². The first-order valence-corrected chi connectivity index (χ1v) is 7.47. The first-order valence-electron chi connectivity index (χ1n) is 7.47. The van der Waals surface area contributed by atoms with Gasteiger partial charge in [0.2, 0.25) is 0 Å². The van der Waals surface area contributed by atoms with Crippen LogP contribution in [0.5, 0.6) is 0 Å². The van der Waals surface area contributed by atoms with Crippen molar-refractivity contribution in [2.45, 2.75) is 56.4 Å². The summed E-state index contributed by atoms with van der Waals surface area (Å²) in [5, 5.41) is 41.5. The number of epoxide rings is 1. The van der Waals surface area contributed by atoms with Gasteiger partial charge in [-0.1, -0.05) is 13.0 Å². The molecule has 118 valence electrons. The van der Waals surface area contributed by atoms with Crippen molar-refractivity contribution in [3.8, 4) is 0 Å². The Morgan fingerprint density at radius 3 is 2.57 bits per heavy atom. The Bertz CT molecular complexity index is 514. The van der Waals surface area contributed by atoms with Crippen LogP contribution in [0, 0.1) is 10.8 Å². The largest absolute Gasteiger partial charge is 0.396 e. The van der Waals surface area contributed by atoms with Gasteiger partial charge in [-0.3, -0.25) is 0 Å². The predicted molar refractivity (Wildman–Crippen MR) is 71.4 cm³/mol. The molecule has 4 rings (SSSR count). The summed E-state index contributed by atoms with van der Waals surface area (Å²) in [6.45, 7) is 3.83. The van der Waals surface area contributed by atoms with Crippen LogP contribution in [0.3, 0.4) is 0 Å². The van der Waals surface area contributed by atoms with Crippen LogP contribution in [0.25, 0.3) is 0 Å². The summed E-state index contributed by atoms with van der Waals surface area (Å²) in [5.41, 5.74) is -1.69. The molecule has 2 bridgehead atoms. The van der Waals surface area contributed by atoms with Crippen LogP contribution in [0.2, 0.25) is 0 Å². The molecule has 0 aromatic carbocycles. The van der Waals surface area contributed by atoms with Gasteiger partial charge >= 0.3 is 0 Å². The molecule has 0 amide bonds. The summed E-state index contributed by atoms with van der Waals surface area (Å²) in [6, 6.07) is 0. The molecular formula is C15H22O6. The number of aliphatic hydroxyl groups excluding tert-OH is 4. The molecule has 1 saturated carbocycles. The molecule has 2 aliphatic heterocycles. The third-order valence-corrected chi connectivity index (χ3v) is 6.67. The highest BCUT2D eigenvalue weighted by atomic mass is 16.6. The highest BCUT2D eigenvalue weighted by Crippen LogP contribution is 2.71. The van der Waals surface area contributed by atoms with E-state index in [0.29, 0.717) is 6.61 Å². The molecule has 6 nitrogen and oxygen atoms in total. The number of hydrogen-bond acceptors (Lipinski definition) is 6. The van der Waals surface area contributed by atoms with Gasteiger partial charge in [0.05, 0.1) is 31.5 Å². The van der Waals surface area contributed by atoms with Gasteiger partial charge in [0.25, 0.3) is 0 Å². The van der Waals surface area contributed by atoms with Crippen LogP contribution < -0.4 is 0 Å². The lowest BCUT2D eigenvalue weighted by atomic mass is 9.51. The molecule has 0 radical (unpaired) electrons. The average Bonchev–Trinajstić information content (AvgIpc) is 3.24. The van der Waals surface area contributed by atoms with E-state index >= 15 is 0 Å². The van der Waals surface area contributed by atoms with Crippen molar-refractivity contribution in [2.75, 3.05) is 13.2 Å². The lowest BCUT2D eigenvalue weighted by Gasteiger charge is -2.58. The van der Waals surface area contributed by atoms with Crippen LogP contribution >= 0.6 is 0 Å². The number of rotatable bonds is 1. The van der Waals surface area contributed by atoms with Gasteiger partial charge in [0, 0.05) is 10.8 Å². The van der Waals surface area contributed by atoms with Crippen molar-refractivity contribution in [1.82, 2.24) is 0 Å². The zero-order chi connectivity index (χ0) is 15.2. The monoisotopic (exact) mass is 298 g/mol. The van der Waals surface area contributed by atoms with E-state index in [2.05, 4.69) is 0 Å². The SMILES string of the molecule is CC1=C[C@H]2O[C@@H]3[C@H](O)[C@@H](O)C(C)(C34CO4)[C@@]2(CO)C[C@@H]1O. The Balaban J connectivity index is 1.92. The Morgan fingerprint density at radius 2 is 2.00 bits per heavy atom. The Kier molecular flexibility index (Phi) is 2.60. The minimum Gasteiger partial charge on any atom is -0.396 e. The molecule has 0 aromatic rings. The molecule has 8 atom stereocenters. The van der Waals surface area contributed by atoms with E-state index in [9.17, 15) is 20.4 Å². The van der Waals surface area contributed by atoms with E-state index in [4.69, 9.17) is 9.47 Å². The van der Waals surface area contributed by atoms with Crippen LogP contribution in [0.4, 0.5) is 0 Å². The summed E-state index contributed by atoms with van der Waals surface area (Å²) in [4.78, 5) is 0. The summed E-state index contributed by atoms with van der Waals surface area (Å²) < 4.78 is 11.7. The topological polar surface area (TPSA) is 103 Å². The lowest BCUT2D eigenvalue weighted by Crippen LogP contribution is -2.67. The highest BCUT2D eigenvalue weighted by Gasteiger charge is 2.84. The molecule has 4 N–H and O–H groups in total. The summed E-state index contributed by atoms with van der Waals surface area (Å²) in [7, 11) is 0. The first kappa shape index (κ1) is 14.1. The fourth-order valence-corrected chi connectivity index (χ4v) is 5.06. The van der Waals surface area contributed by atoms with Crippen LogP contribution in [0.1, 0.15) is 20.3 Å². The molecule has 2 aliphatic carbocycles. The standard InChI is InChI=1S/C15H22O6/c1-7-3-9-14(5-16,4-8(7)17)13(2)11(19)10(18)12(21-9)15(13)6-20-15/h3,8-12,16-19H,4-6H2,1-2H3/t8-,9+,10+,11+,12+,13?,14+,15?/m0/s1. The van der Waals surface area contributed by atoms with Crippen molar-refractivity contribution >= 4 is 0 Å². The number of fused-ring (bicyclic) bond motifs is 2. The van der Waals surface area contributed by atoms with Gasteiger partial charge in [-0.25, -0.2) is 0 Å². The van der Waals surface area contributed by atoms with Gasteiger partial charge < -0.3 is 29.9 Å². The first-order chi connectivity index (χ1) is 9.84. The number of hydrogen-bond donors (Lipinski definition) is 4. The second-order valence-corrected chi connectivity index (χ2v) is 7.24. The van der Waals surface area contributed by atoms with E-state index in [1.54, 1.807) is 0 Å². The van der Waals surface area contributed by atoms with Gasteiger partial charge in [-0.15, -0.1) is 0 Å². The molecular weight excluding hydrogens is 276 g/mol. The van der Waals surface area contributed by atoms with Crippen molar-refractivity contribution in [3.05, 3.63) is 11.6 Å². The predicted octanol–water partition coefficient (Wildman–Crippen LogP) is -1.05. The summed E-state index contributed by atoms with van der Waals surface area (Å²) in [6.07, 6.45) is -1.72. The Hall–Kier alpha value is -0.500. The van der Waals surface area contributed by atoms with Crippen molar-refractivity contribution < 1.29 is 29.9 Å². The summed E-state index contributed by atoms with van der Waals surface area (Å²) in [5.74, 6) is 0. The van der Waals surface area contributed by atoms with E-state index in [1.165, 1.54) is 0 Å². The average molecular weight is 298 g/mol. The third kappa shape index (κ3) is 1.27. The van der Waals surface area contributed by atoms with E-state index in [1.807, 2.05) is 19.9 Å². The lowest BCUT2D eigenvalue weighted by molar-refractivity contribution is -0.233. The quantitative estimate of drug-likeness (QED) is 0.364. The molecule has 21 heavy (non-hydrogen) atoms. The van der Waals surface area contributed by atoms with Crippen molar-refractivity contribution in [3.63, 3.8) is 0 Å². The van der Waals surface area contributed by atoms with Gasteiger partial charge in [0.15, 0.2) is 0 Å². The smallest absolute Gasteiger partial charge is 0.129 e. The zero-order valence-corrected chi connectivity index (χ0v) is 12.2. The van der Waals surface area contributed by atoms with Crippen molar-refractivity contribution in [2.24, 2.45) is 10.8 Å².